The lowest BCUT2D eigenvalue weighted by Gasteiger charge is -2.08. The molecule has 0 aliphatic heterocycles. The molecule has 0 saturated heterocycles. The number of nitrogen functional groups attached to an aromatic ring is 1. The number of carboxylic acids is 1. The van der Waals surface area contributed by atoms with Gasteiger partial charge in [0, 0.05) is 6.07 Å². The van der Waals surface area contributed by atoms with Crippen molar-refractivity contribution >= 4 is 23.3 Å². The molecule has 2 rings (SSSR count). The molecule has 2 aromatic rings. The molecule has 0 bridgehead atoms. The van der Waals surface area contributed by atoms with Gasteiger partial charge in [-0.1, -0.05) is 29.8 Å². The molecule has 1 heterocycles. The van der Waals surface area contributed by atoms with Gasteiger partial charge in [0.2, 0.25) is 5.88 Å². The molecule has 6 heteroatoms. The summed E-state index contributed by atoms with van der Waals surface area (Å²) < 4.78 is 5.39. The zero-order chi connectivity index (χ0) is 13.1. The van der Waals surface area contributed by atoms with Gasteiger partial charge in [-0.25, -0.2) is 9.78 Å². The van der Waals surface area contributed by atoms with Crippen molar-refractivity contribution in [2.24, 2.45) is 0 Å². The second-order valence-corrected chi connectivity index (χ2v) is 3.81. The maximum absolute atomic E-state index is 10.9. The Labute approximate surface area is 108 Å². The number of carbonyl (C=O) groups is 1. The first-order valence-corrected chi connectivity index (χ1v) is 5.38. The number of hydrogen-bond acceptors (Lipinski definition) is 4. The molecule has 1 aromatic heterocycles. The molecule has 0 amide bonds. The predicted molar refractivity (Wildman–Crippen MR) is 67.1 cm³/mol. The Morgan fingerprint density at radius 2 is 2.00 bits per heavy atom. The molecule has 92 valence electrons. The van der Waals surface area contributed by atoms with E-state index in [1.54, 1.807) is 24.3 Å². The predicted octanol–water partition coefficient (Wildman–Crippen LogP) is 2.81. The van der Waals surface area contributed by atoms with Gasteiger partial charge < -0.3 is 15.6 Å². The first kappa shape index (κ1) is 12.2. The van der Waals surface area contributed by atoms with Crippen LogP contribution in [-0.4, -0.2) is 16.1 Å². The number of benzene rings is 1. The summed E-state index contributed by atoms with van der Waals surface area (Å²) >= 11 is 5.74. The van der Waals surface area contributed by atoms with Gasteiger partial charge in [-0.2, -0.15) is 0 Å². The lowest BCUT2D eigenvalue weighted by Crippen LogP contribution is -2.05. The average Bonchev–Trinajstić information content (AvgIpc) is 2.34. The summed E-state index contributed by atoms with van der Waals surface area (Å²) in [6.45, 7) is 0. The topological polar surface area (TPSA) is 85.4 Å². The summed E-state index contributed by atoms with van der Waals surface area (Å²) in [5.41, 5.74) is 5.37. The van der Waals surface area contributed by atoms with Gasteiger partial charge in [-0.15, -0.1) is 0 Å². The van der Waals surface area contributed by atoms with Gasteiger partial charge in [0.1, 0.15) is 5.75 Å². The second-order valence-electron chi connectivity index (χ2n) is 3.43. The molecule has 0 radical (unpaired) electrons. The molecule has 0 spiro atoms. The van der Waals surface area contributed by atoms with Crippen molar-refractivity contribution in [3.05, 3.63) is 47.1 Å². The zero-order valence-electron chi connectivity index (χ0n) is 9.13. The van der Waals surface area contributed by atoms with Gasteiger partial charge in [-0.3, -0.25) is 0 Å². The highest BCUT2D eigenvalue weighted by Gasteiger charge is 2.16. The number of ether oxygens (including phenoxy) is 1. The van der Waals surface area contributed by atoms with Gasteiger partial charge >= 0.3 is 5.97 Å². The van der Waals surface area contributed by atoms with Crippen LogP contribution < -0.4 is 10.5 Å². The van der Waals surface area contributed by atoms with Crippen molar-refractivity contribution < 1.29 is 14.6 Å². The van der Waals surface area contributed by atoms with Crippen LogP contribution in [0.3, 0.4) is 0 Å². The Morgan fingerprint density at radius 1 is 1.33 bits per heavy atom. The molecule has 0 aliphatic rings. The molecular weight excluding hydrogens is 256 g/mol. The molecule has 0 aliphatic carbocycles. The van der Waals surface area contributed by atoms with E-state index in [1.165, 1.54) is 6.07 Å². The van der Waals surface area contributed by atoms with Crippen molar-refractivity contribution in [3.8, 4) is 11.6 Å². The van der Waals surface area contributed by atoms with Gasteiger partial charge in [0.15, 0.2) is 5.69 Å². The fourth-order valence-electron chi connectivity index (χ4n) is 1.33. The van der Waals surface area contributed by atoms with Crippen molar-refractivity contribution in [1.29, 1.82) is 0 Å². The van der Waals surface area contributed by atoms with Crippen molar-refractivity contribution in [2.75, 3.05) is 5.73 Å². The number of nitrogens with two attached hydrogens (primary N) is 1. The Morgan fingerprint density at radius 3 is 2.61 bits per heavy atom. The third-order valence-corrected chi connectivity index (χ3v) is 2.53. The van der Waals surface area contributed by atoms with Crippen LogP contribution in [0.25, 0.3) is 0 Å². The summed E-state index contributed by atoms with van der Waals surface area (Å²) in [5.74, 6) is -0.645. The standard InChI is InChI=1S/C12H9ClN2O3/c13-10-8(14)6-9(15-11(10)12(16)17)18-7-4-2-1-3-5-7/h1-6H,(H2,14,15)(H,16,17). The number of para-hydroxylation sites is 1. The van der Waals surface area contributed by atoms with Crippen LogP contribution in [0.1, 0.15) is 10.5 Å². The van der Waals surface area contributed by atoms with Crippen molar-refractivity contribution in [1.82, 2.24) is 4.98 Å². The van der Waals surface area contributed by atoms with E-state index in [-0.39, 0.29) is 22.3 Å². The number of hydrogen-bond donors (Lipinski definition) is 2. The zero-order valence-corrected chi connectivity index (χ0v) is 9.89. The number of carboxylic acid groups (broad SMARTS) is 1. The highest BCUT2D eigenvalue weighted by atomic mass is 35.5. The molecule has 1 aromatic carbocycles. The first-order chi connectivity index (χ1) is 8.58. The summed E-state index contributed by atoms with van der Waals surface area (Å²) in [5, 5.41) is 8.83. The maximum atomic E-state index is 10.9. The van der Waals surface area contributed by atoms with Gasteiger partial charge in [0.05, 0.1) is 10.7 Å². The number of pyridine rings is 1. The SMILES string of the molecule is Nc1cc(Oc2ccccc2)nc(C(=O)O)c1Cl. The smallest absolute Gasteiger partial charge is 0.356 e. The van der Waals surface area contributed by atoms with E-state index in [9.17, 15) is 4.79 Å². The largest absolute Gasteiger partial charge is 0.476 e. The number of rotatable bonds is 3. The Balaban J connectivity index is 2.38. The molecule has 0 unspecified atom stereocenters. The number of halogens is 1. The van der Waals surface area contributed by atoms with Crippen molar-refractivity contribution in [2.45, 2.75) is 0 Å². The summed E-state index contributed by atoms with van der Waals surface area (Å²) in [4.78, 5) is 14.7. The van der Waals surface area contributed by atoms with E-state index in [0.717, 1.165) is 0 Å². The normalized spacial score (nSPS) is 10.1. The first-order valence-electron chi connectivity index (χ1n) is 5.00. The van der Waals surface area contributed by atoms with Crippen LogP contribution in [0.15, 0.2) is 36.4 Å². The van der Waals surface area contributed by atoms with E-state index in [0.29, 0.717) is 5.75 Å². The van der Waals surface area contributed by atoms with E-state index < -0.39 is 5.97 Å². The van der Waals surface area contributed by atoms with Crippen LogP contribution in [0, 0.1) is 0 Å². The Bertz CT molecular complexity index is 587. The molecule has 0 saturated carbocycles. The van der Waals surface area contributed by atoms with Crippen LogP contribution >= 0.6 is 11.6 Å². The van der Waals surface area contributed by atoms with E-state index in [2.05, 4.69) is 4.98 Å². The summed E-state index contributed by atoms with van der Waals surface area (Å²) in [6, 6.07) is 10.2. The quantitative estimate of drug-likeness (QED) is 0.890. The van der Waals surface area contributed by atoms with E-state index >= 15 is 0 Å². The van der Waals surface area contributed by atoms with Gasteiger partial charge in [-0.05, 0) is 12.1 Å². The minimum atomic E-state index is -1.26. The van der Waals surface area contributed by atoms with E-state index in [1.807, 2.05) is 6.07 Å². The Hall–Kier alpha value is -2.27. The molecule has 0 atom stereocenters. The number of aromatic nitrogens is 1. The summed E-state index contributed by atoms with van der Waals surface area (Å²) in [7, 11) is 0. The molecular formula is C12H9ClN2O3. The monoisotopic (exact) mass is 264 g/mol. The molecule has 18 heavy (non-hydrogen) atoms. The fourth-order valence-corrected chi connectivity index (χ4v) is 1.51. The highest BCUT2D eigenvalue weighted by molar-refractivity contribution is 6.35. The van der Waals surface area contributed by atoms with Crippen LogP contribution in [0.4, 0.5) is 5.69 Å². The fraction of sp³-hybridized carbons (Fsp3) is 0. The molecule has 5 nitrogen and oxygen atoms in total. The van der Waals surface area contributed by atoms with Crippen LogP contribution in [0.2, 0.25) is 5.02 Å². The molecule has 0 fully saturated rings. The van der Waals surface area contributed by atoms with E-state index in [4.69, 9.17) is 27.2 Å². The highest BCUT2D eigenvalue weighted by Crippen LogP contribution is 2.28. The minimum Gasteiger partial charge on any atom is -0.476 e. The summed E-state index contributed by atoms with van der Waals surface area (Å²) in [6.07, 6.45) is 0. The number of nitrogens with zero attached hydrogens (tertiary/aromatic N) is 1. The number of anilines is 1. The lowest BCUT2D eigenvalue weighted by atomic mass is 10.3. The minimum absolute atomic E-state index is 0.0838. The molecule has 3 N–H and O–H groups in total. The van der Waals surface area contributed by atoms with Crippen LogP contribution in [0.5, 0.6) is 11.6 Å². The van der Waals surface area contributed by atoms with Gasteiger partial charge in [0.25, 0.3) is 0 Å². The maximum Gasteiger partial charge on any atom is 0.356 e. The van der Waals surface area contributed by atoms with Crippen LogP contribution in [-0.2, 0) is 0 Å². The average molecular weight is 265 g/mol. The third-order valence-electron chi connectivity index (χ3n) is 2.13. The Kier molecular flexibility index (Phi) is 3.34. The lowest BCUT2D eigenvalue weighted by molar-refractivity contribution is 0.0690. The third kappa shape index (κ3) is 2.52. The number of aromatic carboxylic acids is 1. The van der Waals surface area contributed by atoms with Crippen molar-refractivity contribution in [3.63, 3.8) is 0 Å². The second kappa shape index (κ2) is 4.93.